The topological polar surface area (TPSA) is 29.4 Å². The largest absolute Gasteiger partial charge is 0.150 e. The summed E-state index contributed by atoms with van der Waals surface area (Å²) in [5.41, 5.74) is 0. The average Bonchev–Trinajstić information content (AvgIpc) is 1.41. The van der Waals surface area contributed by atoms with Crippen LogP contribution in [0.3, 0.4) is 0 Å². The monoisotopic (exact) mass is 130 g/mol. The van der Waals surface area contributed by atoms with E-state index in [1.807, 2.05) is 0 Å². The number of rotatable bonds is 2. The van der Waals surface area contributed by atoms with E-state index in [9.17, 15) is 0 Å². The van der Waals surface area contributed by atoms with Crippen LogP contribution < -0.4 is 0 Å². The summed E-state index contributed by atoms with van der Waals surface area (Å²) in [4.78, 5) is 9.08. The molecule has 0 aromatic heterocycles. The van der Waals surface area contributed by atoms with Crippen LogP contribution in [0.1, 0.15) is 0 Å². The van der Waals surface area contributed by atoms with E-state index < -0.39 is 0 Å². The van der Waals surface area contributed by atoms with Gasteiger partial charge in [0.25, 0.3) is 0 Å². The SMILES string of the molecule is C=CCN=O.[Co]. The Kier molecular flexibility index (Phi) is 13.7. The number of nitroso groups, excluding NO2 is 1. The molecule has 0 heterocycles. The number of hydrogen-bond acceptors (Lipinski definition) is 2. The van der Waals surface area contributed by atoms with Crippen LogP contribution in [0.2, 0.25) is 0 Å². The van der Waals surface area contributed by atoms with Gasteiger partial charge < -0.3 is 0 Å². The molecular weight excluding hydrogens is 125 g/mol. The van der Waals surface area contributed by atoms with Gasteiger partial charge in [0.1, 0.15) is 0 Å². The van der Waals surface area contributed by atoms with Crippen LogP contribution in [0.4, 0.5) is 0 Å². The molecule has 0 spiro atoms. The molecule has 0 bridgehead atoms. The Bertz CT molecular complexity index is 40.1. The van der Waals surface area contributed by atoms with Gasteiger partial charge in [0, 0.05) is 16.8 Å². The van der Waals surface area contributed by atoms with Gasteiger partial charge in [0.05, 0.1) is 6.54 Å². The van der Waals surface area contributed by atoms with E-state index in [1.165, 1.54) is 6.08 Å². The molecule has 0 saturated heterocycles. The summed E-state index contributed by atoms with van der Waals surface area (Å²) in [5, 5.41) is 2.49. The smallest absolute Gasteiger partial charge is 0.0989 e. The summed E-state index contributed by atoms with van der Waals surface area (Å²) in [6, 6.07) is 0. The second-order valence-electron chi connectivity index (χ2n) is 0.600. The van der Waals surface area contributed by atoms with Crippen molar-refractivity contribution in [2.45, 2.75) is 0 Å². The quantitative estimate of drug-likeness (QED) is 0.404. The van der Waals surface area contributed by atoms with Gasteiger partial charge in [-0.2, -0.15) is 4.91 Å². The molecule has 0 aromatic carbocycles. The molecule has 0 atom stereocenters. The van der Waals surface area contributed by atoms with E-state index >= 15 is 0 Å². The first kappa shape index (κ1) is 9.28. The average molecular weight is 130 g/mol. The van der Waals surface area contributed by atoms with Crippen LogP contribution in [-0.2, 0) is 16.8 Å². The fraction of sp³-hybridized carbons (Fsp3) is 0.333. The predicted octanol–water partition coefficient (Wildman–Crippen LogP) is 0.936. The van der Waals surface area contributed by atoms with Gasteiger partial charge in [-0.1, -0.05) is 11.3 Å². The van der Waals surface area contributed by atoms with E-state index in [2.05, 4.69) is 11.8 Å². The Balaban J connectivity index is 0. The first-order chi connectivity index (χ1) is 2.41. The van der Waals surface area contributed by atoms with Crippen LogP contribution in [0, 0.1) is 4.91 Å². The summed E-state index contributed by atoms with van der Waals surface area (Å²) in [6.45, 7) is 3.48. The third-order valence-electron chi connectivity index (χ3n) is 0.204. The standard InChI is InChI=1S/C3H5NO.Co/c1-2-3-4-5;/h2H,1,3H2;. The van der Waals surface area contributed by atoms with Crippen molar-refractivity contribution < 1.29 is 16.8 Å². The maximum atomic E-state index is 9.08. The molecule has 6 heavy (non-hydrogen) atoms. The van der Waals surface area contributed by atoms with Gasteiger partial charge >= 0.3 is 0 Å². The molecule has 0 saturated carbocycles. The second kappa shape index (κ2) is 8.85. The summed E-state index contributed by atoms with van der Waals surface area (Å²) in [5.74, 6) is 0. The van der Waals surface area contributed by atoms with Crippen molar-refractivity contribution in [3.05, 3.63) is 17.6 Å². The summed E-state index contributed by atoms with van der Waals surface area (Å²) < 4.78 is 0. The van der Waals surface area contributed by atoms with Gasteiger partial charge in [-0.05, 0) is 0 Å². The molecule has 0 fully saturated rings. The first-order valence-corrected chi connectivity index (χ1v) is 1.32. The molecule has 0 amide bonds. The van der Waals surface area contributed by atoms with Crippen molar-refractivity contribution in [3.8, 4) is 0 Å². The van der Waals surface area contributed by atoms with E-state index in [0.29, 0.717) is 0 Å². The van der Waals surface area contributed by atoms with Crippen LogP contribution in [0.5, 0.6) is 0 Å². The zero-order chi connectivity index (χ0) is 4.12. The van der Waals surface area contributed by atoms with Gasteiger partial charge in [-0.15, -0.1) is 6.58 Å². The van der Waals surface area contributed by atoms with Gasteiger partial charge in [0.15, 0.2) is 0 Å². The summed E-state index contributed by atoms with van der Waals surface area (Å²) in [6.07, 6.45) is 1.45. The normalized spacial score (nSPS) is 5.33. The van der Waals surface area contributed by atoms with Crippen molar-refractivity contribution in [1.29, 1.82) is 0 Å². The zero-order valence-electron chi connectivity index (χ0n) is 3.18. The Morgan fingerprint density at radius 3 is 2.33 bits per heavy atom. The molecule has 3 heteroatoms. The molecule has 1 radical (unpaired) electrons. The molecule has 2 nitrogen and oxygen atoms in total. The van der Waals surface area contributed by atoms with Crippen molar-refractivity contribution in [3.63, 3.8) is 0 Å². The summed E-state index contributed by atoms with van der Waals surface area (Å²) in [7, 11) is 0. The Labute approximate surface area is 46.8 Å². The van der Waals surface area contributed by atoms with Crippen LogP contribution in [0.25, 0.3) is 0 Å². The van der Waals surface area contributed by atoms with Crippen molar-refractivity contribution in [1.82, 2.24) is 0 Å². The van der Waals surface area contributed by atoms with Gasteiger partial charge in [-0.25, -0.2) is 0 Å². The zero-order valence-corrected chi connectivity index (χ0v) is 4.22. The van der Waals surface area contributed by atoms with Gasteiger partial charge in [0.2, 0.25) is 0 Å². The minimum absolute atomic E-state index is 0. The third-order valence-corrected chi connectivity index (χ3v) is 0.204. The van der Waals surface area contributed by atoms with Crippen LogP contribution >= 0.6 is 0 Å². The van der Waals surface area contributed by atoms with Crippen molar-refractivity contribution in [2.75, 3.05) is 6.54 Å². The van der Waals surface area contributed by atoms with Crippen LogP contribution in [-0.4, -0.2) is 6.54 Å². The Morgan fingerprint density at radius 1 is 1.83 bits per heavy atom. The van der Waals surface area contributed by atoms with E-state index in [0.717, 1.165) is 0 Å². The fourth-order valence-electron chi connectivity index (χ4n) is 0.0527. The molecule has 0 aliphatic rings. The number of hydrogen-bond donors (Lipinski definition) is 0. The minimum atomic E-state index is 0. The maximum Gasteiger partial charge on any atom is 0.0989 e. The van der Waals surface area contributed by atoms with E-state index in [-0.39, 0.29) is 23.3 Å². The van der Waals surface area contributed by atoms with Crippen LogP contribution in [0.15, 0.2) is 17.8 Å². The maximum absolute atomic E-state index is 9.08. The Morgan fingerprint density at radius 2 is 2.33 bits per heavy atom. The summed E-state index contributed by atoms with van der Waals surface area (Å²) >= 11 is 0. The number of nitrogens with zero attached hydrogens (tertiary/aromatic N) is 1. The molecule has 0 unspecified atom stereocenters. The molecule has 0 N–H and O–H groups in total. The van der Waals surface area contributed by atoms with E-state index in [4.69, 9.17) is 4.91 Å². The third kappa shape index (κ3) is 9.14. The molecule has 0 aromatic rings. The molecule has 37 valence electrons. The molecule has 0 rings (SSSR count). The first-order valence-electron chi connectivity index (χ1n) is 1.32. The van der Waals surface area contributed by atoms with Gasteiger partial charge in [-0.3, -0.25) is 0 Å². The van der Waals surface area contributed by atoms with E-state index in [1.54, 1.807) is 0 Å². The molecule has 0 aliphatic carbocycles. The van der Waals surface area contributed by atoms with Crippen molar-refractivity contribution >= 4 is 0 Å². The molecule has 0 aliphatic heterocycles. The van der Waals surface area contributed by atoms with Crippen molar-refractivity contribution in [2.24, 2.45) is 5.18 Å². The minimum Gasteiger partial charge on any atom is -0.150 e. The fourth-order valence-corrected chi connectivity index (χ4v) is 0.0527. The Hall–Kier alpha value is -0.154. The predicted molar refractivity (Wildman–Crippen MR) is 20.9 cm³/mol. The molecular formula is C3H5CoNO. The second-order valence-corrected chi connectivity index (χ2v) is 0.600.